The molecule has 0 fully saturated rings. The fourth-order valence-corrected chi connectivity index (χ4v) is 4.10. The van der Waals surface area contributed by atoms with Gasteiger partial charge in [0.25, 0.3) is 11.5 Å². The van der Waals surface area contributed by atoms with Crippen LogP contribution >= 0.6 is 11.8 Å². The van der Waals surface area contributed by atoms with E-state index in [4.69, 9.17) is 0 Å². The number of hydrogen-bond donors (Lipinski definition) is 2. The molecule has 1 unspecified atom stereocenters. The summed E-state index contributed by atoms with van der Waals surface area (Å²) in [6.45, 7) is 2.22. The standard InChI is InChI=1S/C22H21FN6O2S/c1-13(19-25-17-10-6-4-8-15(17)21(31)26-19)32-22-28-27-18(29(22)2)11-12-24-20(30)14-7-3-5-9-16(14)23/h3-10,13H,11-12H2,1-2H3,(H,24,30)(H,25,26,31). The number of rotatable bonds is 7. The Morgan fingerprint density at radius 1 is 1.19 bits per heavy atom. The minimum atomic E-state index is -0.559. The van der Waals surface area contributed by atoms with E-state index >= 15 is 0 Å². The lowest BCUT2D eigenvalue weighted by Crippen LogP contribution is -2.27. The normalized spacial score (nSPS) is 12.1. The molecule has 10 heteroatoms. The number of amides is 1. The zero-order valence-electron chi connectivity index (χ0n) is 17.5. The van der Waals surface area contributed by atoms with Crippen LogP contribution in [0.2, 0.25) is 0 Å². The Labute approximate surface area is 187 Å². The Balaban J connectivity index is 1.40. The molecule has 4 rings (SSSR count). The number of nitrogens with one attached hydrogen (secondary N) is 2. The minimum absolute atomic E-state index is 0.00686. The van der Waals surface area contributed by atoms with Gasteiger partial charge in [0.2, 0.25) is 0 Å². The summed E-state index contributed by atoms with van der Waals surface area (Å²) in [5.41, 5.74) is 0.470. The predicted octanol–water partition coefficient (Wildman–Crippen LogP) is 3.02. The maximum Gasteiger partial charge on any atom is 0.258 e. The topological polar surface area (TPSA) is 106 Å². The molecule has 2 N–H and O–H groups in total. The van der Waals surface area contributed by atoms with Crippen molar-refractivity contribution in [2.24, 2.45) is 7.05 Å². The summed E-state index contributed by atoms with van der Waals surface area (Å²) in [7, 11) is 1.83. The molecule has 4 aromatic rings. The van der Waals surface area contributed by atoms with Crippen LogP contribution in [0.1, 0.15) is 34.2 Å². The van der Waals surface area contributed by atoms with Crippen molar-refractivity contribution in [3.05, 3.63) is 81.9 Å². The number of carbonyl (C=O) groups is 1. The van der Waals surface area contributed by atoms with Crippen LogP contribution in [0, 0.1) is 5.82 Å². The molecule has 32 heavy (non-hydrogen) atoms. The van der Waals surface area contributed by atoms with Crippen LogP contribution in [0.3, 0.4) is 0 Å². The molecule has 2 aromatic heterocycles. The molecule has 0 saturated heterocycles. The van der Waals surface area contributed by atoms with Gasteiger partial charge >= 0.3 is 0 Å². The number of H-pyrrole nitrogens is 1. The third-order valence-electron chi connectivity index (χ3n) is 4.98. The van der Waals surface area contributed by atoms with E-state index in [0.29, 0.717) is 40.7 Å². The van der Waals surface area contributed by atoms with Gasteiger partial charge in [0, 0.05) is 20.0 Å². The third kappa shape index (κ3) is 4.54. The highest BCUT2D eigenvalue weighted by Crippen LogP contribution is 2.31. The Bertz CT molecular complexity index is 1340. The molecule has 2 aromatic carbocycles. The molecule has 1 atom stereocenters. The van der Waals surface area contributed by atoms with Crippen molar-refractivity contribution in [2.75, 3.05) is 6.54 Å². The summed E-state index contributed by atoms with van der Waals surface area (Å²) in [6, 6.07) is 13.0. The maximum atomic E-state index is 13.7. The number of halogens is 1. The highest BCUT2D eigenvalue weighted by molar-refractivity contribution is 7.99. The Morgan fingerprint density at radius 2 is 1.94 bits per heavy atom. The van der Waals surface area contributed by atoms with Crippen molar-refractivity contribution in [1.82, 2.24) is 30.0 Å². The molecule has 0 bridgehead atoms. The predicted molar refractivity (Wildman–Crippen MR) is 120 cm³/mol. The SMILES string of the molecule is CC(Sc1nnc(CCNC(=O)c2ccccc2F)n1C)c1nc2ccccc2c(=O)[nH]1. The first kappa shape index (κ1) is 21.7. The molecule has 164 valence electrons. The van der Waals surface area contributed by atoms with Gasteiger partial charge in [-0.05, 0) is 31.2 Å². The number of fused-ring (bicyclic) bond motifs is 1. The third-order valence-corrected chi connectivity index (χ3v) is 6.12. The Morgan fingerprint density at radius 3 is 2.75 bits per heavy atom. The molecule has 0 aliphatic rings. The van der Waals surface area contributed by atoms with E-state index in [1.165, 1.54) is 30.0 Å². The second-order valence-electron chi connectivity index (χ2n) is 7.17. The highest BCUT2D eigenvalue weighted by atomic mass is 32.2. The van der Waals surface area contributed by atoms with E-state index in [9.17, 15) is 14.0 Å². The molecule has 0 radical (unpaired) electrons. The van der Waals surface area contributed by atoms with Crippen LogP contribution in [-0.4, -0.2) is 37.2 Å². The molecule has 8 nitrogen and oxygen atoms in total. The second kappa shape index (κ2) is 9.31. The van der Waals surface area contributed by atoms with Gasteiger partial charge in [0.05, 0.1) is 21.7 Å². The summed E-state index contributed by atoms with van der Waals surface area (Å²) in [5.74, 6) is 0.199. The molecular weight excluding hydrogens is 431 g/mol. The van der Waals surface area contributed by atoms with Gasteiger partial charge in [0.15, 0.2) is 5.16 Å². The van der Waals surface area contributed by atoms with Gasteiger partial charge in [-0.25, -0.2) is 9.37 Å². The smallest absolute Gasteiger partial charge is 0.258 e. The average Bonchev–Trinajstić information content (AvgIpc) is 3.13. The van der Waals surface area contributed by atoms with Crippen LogP contribution in [0.25, 0.3) is 10.9 Å². The van der Waals surface area contributed by atoms with Gasteiger partial charge in [0.1, 0.15) is 17.5 Å². The van der Waals surface area contributed by atoms with E-state index in [-0.39, 0.29) is 16.4 Å². The number of aromatic nitrogens is 5. The lowest BCUT2D eigenvalue weighted by atomic mass is 10.2. The zero-order valence-corrected chi connectivity index (χ0v) is 18.3. The summed E-state index contributed by atoms with van der Waals surface area (Å²) in [4.78, 5) is 31.9. The Kier molecular flexibility index (Phi) is 6.31. The highest BCUT2D eigenvalue weighted by Gasteiger charge is 2.17. The minimum Gasteiger partial charge on any atom is -0.351 e. The monoisotopic (exact) mass is 452 g/mol. The largest absolute Gasteiger partial charge is 0.351 e. The number of benzene rings is 2. The summed E-state index contributed by atoms with van der Waals surface area (Å²) in [6.07, 6.45) is 0.434. The summed E-state index contributed by atoms with van der Waals surface area (Å²) in [5, 5.41) is 12.2. The molecule has 0 aliphatic heterocycles. The van der Waals surface area contributed by atoms with E-state index < -0.39 is 11.7 Å². The van der Waals surface area contributed by atoms with Crippen molar-refractivity contribution >= 4 is 28.6 Å². The van der Waals surface area contributed by atoms with Crippen molar-refractivity contribution < 1.29 is 9.18 Å². The van der Waals surface area contributed by atoms with Gasteiger partial charge in [-0.15, -0.1) is 10.2 Å². The van der Waals surface area contributed by atoms with Crippen molar-refractivity contribution in [3.63, 3.8) is 0 Å². The van der Waals surface area contributed by atoms with Crippen LogP contribution in [0.4, 0.5) is 4.39 Å². The number of thioether (sulfide) groups is 1. The van der Waals surface area contributed by atoms with Crippen molar-refractivity contribution in [2.45, 2.75) is 23.8 Å². The number of aromatic amines is 1. The molecule has 2 heterocycles. The van der Waals surface area contributed by atoms with E-state index in [1.807, 2.05) is 30.7 Å². The van der Waals surface area contributed by atoms with Crippen molar-refractivity contribution in [1.29, 1.82) is 0 Å². The maximum absolute atomic E-state index is 13.7. The number of nitrogens with zero attached hydrogens (tertiary/aromatic N) is 4. The van der Waals surface area contributed by atoms with Gasteiger partial charge in [-0.1, -0.05) is 36.0 Å². The van der Waals surface area contributed by atoms with Crippen LogP contribution < -0.4 is 10.9 Å². The fraction of sp³-hybridized carbons (Fsp3) is 0.227. The fourth-order valence-electron chi connectivity index (χ4n) is 3.20. The lowest BCUT2D eigenvalue weighted by Gasteiger charge is -2.11. The first-order valence-corrected chi connectivity index (χ1v) is 10.9. The van der Waals surface area contributed by atoms with Crippen LogP contribution in [-0.2, 0) is 13.5 Å². The quantitative estimate of drug-likeness (QED) is 0.418. The van der Waals surface area contributed by atoms with Crippen molar-refractivity contribution in [3.8, 4) is 0 Å². The van der Waals surface area contributed by atoms with E-state index in [1.54, 1.807) is 18.2 Å². The molecule has 1 amide bonds. The van der Waals surface area contributed by atoms with Gasteiger partial charge in [-0.3, -0.25) is 9.59 Å². The number of para-hydroxylation sites is 1. The summed E-state index contributed by atoms with van der Waals surface area (Å²) >= 11 is 1.42. The Hall–Kier alpha value is -3.53. The molecular formula is C22H21FN6O2S. The average molecular weight is 453 g/mol. The summed E-state index contributed by atoms with van der Waals surface area (Å²) < 4.78 is 15.5. The number of hydrogen-bond acceptors (Lipinski definition) is 6. The van der Waals surface area contributed by atoms with Gasteiger partial charge in [-0.2, -0.15) is 0 Å². The second-order valence-corrected chi connectivity index (χ2v) is 8.48. The van der Waals surface area contributed by atoms with Crippen LogP contribution in [0.15, 0.2) is 58.5 Å². The molecule has 0 saturated carbocycles. The molecule has 0 aliphatic carbocycles. The lowest BCUT2D eigenvalue weighted by molar-refractivity contribution is 0.0950. The first-order chi connectivity index (χ1) is 15.4. The van der Waals surface area contributed by atoms with Gasteiger partial charge < -0.3 is 14.9 Å². The van der Waals surface area contributed by atoms with E-state index in [2.05, 4.69) is 25.5 Å². The zero-order chi connectivity index (χ0) is 22.7. The first-order valence-electron chi connectivity index (χ1n) is 10.0. The van der Waals surface area contributed by atoms with E-state index in [0.717, 1.165) is 0 Å². The number of carbonyl (C=O) groups excluding carboxylic acids is 1. The molecule has 0 spiro atoms. The van der Waals surface area contributed by atoms with Crippen LogP contribution in [0.5, 0.6) is 0 Å².